The van der Waals surface area contributed by atoms with Crippen molar-refractivity contribution in [3.63, 3.8) is 0 Å². The SMILES string of the molecule is CCn1cc(CN2CCC(Oc3cccc(C(=O)NCCOC)c3)CC2)c(C)n1. The van der Waals surface area contributed by atoms with Crippen LogP contribution in [0.3, 0.4) is 0 Å². The molecule has 0 atom stereocenters. The van der Waals surface area contributed by atoms with E-state index in [2.05, 4.69) is 35.4 Å². The molecule has 1 N–H and O–H groups in total. The Bertz CT molecular complexity index is 797. The molecule has 0 radical (unpaired) electrons. The van der Waals surface area contributed by atoms with Crippen LogP contribution in [0, 0.1) is 6.92 Å². The summed E-state index contributed by atoms with van der Waals surface area (Å²) >= 11 is 0. The summed E-state index contributed by atoms with van der Waals surface area (Å²) in [6, 6.07) is 7.40. The van der Waals surface area contributed by atoms with Crippen molar-refractivity contribution in [1.82, 2.24) is 20.0 Å². The van der Waals surface area contributed by atoms with E-state index in [0.29, 0.717) is 18.7 Å². The molecule has 0 bridgehead atoms. The van der Waals surface area contributed by atoms with Gasteiger partial charge in [-0.1, -0.05) is 6.07 Å². The zero-order valence-corrected chi connectivity index (χ0v) is 17.7. The molecule has 1 aromatic heterocycles. The quantitative estimate of drug-likeness (QED) is 0.656. The normalized spacial score (nSPS) is 15.4. The van der Waals surface area contributed by atoms with Crippen molar-refractivity contribution in [3.8, 4) is 5.75 Å². The van der Waals surface area contributed by atoms with E-state index in [1.165, 1.54) is 5.56 Å². The van der Waals surface area contributed by atoms with E-state index >= 15 is 0 Å². The van der Waals surface area contributed by atoms with Crippen LogP contribution in [-0.2, 0) is 17.8 Å². The van der Waals surface area contributed by atoms with Gasteiger partial charge in [0.15, 0.2) is 0 Å². The first kappa shape index (κ1) is 21.3. The number of aromatic nitrogens is 2. The van der Waals surface area contributed by atoms with Crippen LogP contribution in [0.2, 0.25) is 0 Å². The fraction of sp³-hybridized carbons (Fsp3) is 0.545. The Balaban J connectivity index is 1.48. The van der Waals surface area contributed by atoms with E-state index in [4.69, 9.17) is 9.47 Å². The molecule has 2 aromatic rings. The smallest absolute Gasteiger partial charge is 0.251 e. The van der Waals surface area contributed by atoms with Crippen molar-refractivity contribution in [3.05, 3.63) is 47.3 Å². The highest BCUT2D eigenvalue weighted by atomic mass is 16.5. The number of piperidine rings is 1. The fourth-order valence-corrected chi connectivity index (χ4v) is 3.57. The molecule has 1 fully saturated rings. The topological polar surface area (TPSA) is 68.6 Å². The molecule has 0 saturated carbocycles. The standard InChI is InChI=1S/C22H32N4O3/c1-4-26-16-19(17(2)24-26)15-25-11-8-20(9-12-25)29-21-7-5-6-18(14-21)22(27)23-10-13-28-3/h5-7,14,16,20H,4,8-13,15H2,1-3H3,(H,23,27). The van der Waals surface area contributed by atoms with E-state index in [1.807, 2.05) is 22.9 Å². The van der Waals surface area contributed by atoms with Crippen LogP contribution in [0.5, 0.6) is 5.75 Å². The van der Waals surface area contributed by atoms with Gasteiger partial charge < -0.3 is 14.8 Å². The predicted molar refractivity (Wildman–Crippen MR) is 112 cm³/mol. The maximum Gasteiger partial charge on any atom is 0.251 e. The first-order valence-electron chi connectivity index (χ1n) is 10.4. The average Bonchev–Trinajstić information content (AvgIpc) is 3.09. The maximum absolute atomic E-state index is 12.2. The summed E-state index contributed by atoms with van der Waals surface area (Å²) in [6.45, 7) is 9.02. The number of aryl methyl sites for hydroxylation is 2. The van der Waals surface area contributed by atoms with Crippen LogP contribution in [0.25, 0.3) is 0 Å². The van der Waals surface area contributed by atoms with Gasteiger partial charge in [-0.15, -0.1) is 0 Å². The highest BCUT2D eigenvalue weighted by molar-refractivity contribution is 5.94. The largest absolute Gasteiger partial charge is 0.490 e. The number of carbonyl (C=O) groups is 1. The van der Waals surface area contributed by atoms with Gasteiger partial charge in [-0.05, 0) is 44.9 Å². The second-order valence-corrected chi connectivity index (χ2v) is 7.47. The molecule has 29 heavy (non-hydrogen) atoms. The molecule has 2 heterocycles. The van der Waals surface area contributed by atoms with Gasteiger partial charge in [0.1, 0.15) is 11.9 Å². The lowest BCUT2D eigenvalue weighted by Gasteiger charge is -2.32. The summed E-state index contributed by atoms with van der Waals surface area (Å²) in [5.74, 6) is 0.647. The molecule has 1 aliphatic heterocycles. The Labute approximate surface area is 173 Å². The Hall–Kier alpha value is -2.38. The Morgan fingerprint density at radius 2 is 2.10 bits per heavy atom. The lowest BCUT2D eigenvalue weighted by molar-refractivity contribution is 0.0924. The number of carbonyl (C=O) groups excluding carboxylic acids is 1. The van der Waals surface area contributed by atoms with Crippen LogP contribution in [0.15, 0.2) is 30.5 Å². The van der Waals surface area contributed by atoms with Crippen molar-refractivity contribution in [2.45, 2.75) is 45.9 Å². The molecule has 158 valence electrons. The summed E-state index contributed by atoms with van der Waals surface area (Å²) in [7, 11) is 1.62. The summed E-state index contributed by atoms with van der Waals surface area (Å²) < 4.78 is 13.1. The Kier molecular flexibility index (Phi) is 7.66. The summed E-state index contributed by atoms with van der Waals surface area (Å²) in [5, 5.41) is 7.37. The zero-order valence-electron chi connectivity index (χ0n) is 17.7. The van der Waals surface area contributed by atoms with Crippen molar-refractivity contribution >= 4 is 5.91 Å². The number of ether oxygens (including phenoxy) is 2. The van der Waals surface area contributed by atoms with Crippen molar-refractivity contribution < 1.29 is 14.3 Å². The number of likely N-dealkylation sites (tertiary alicyclic amines) is 1. The third kappa shape index (κ3) is 6.05. The van der Waals surface area contributed by atoms with Crippen molar-refractivity contribution in [1.29, 1.82) is 0 Å². The molecule has 1 aliphatic rings. The monoisotopic (exact) mass is 400 g/mol. The van der Waals surface area contributed by atoms with E-state index < -0.39 is 0 Å². The summed E-state index contributed by atoms with van der Waals surface area (Å²) in [5.41, 5.74) is 3.03. The second kappa shape index (κ2) is 10.4. The molecule has 1 saturated heterocycles. The van der Waals surface area contributed by atoms with E-state index in [1.54, 1.807) is 13.2 Å². The molecular weight excluding hydrogens is 368 g/mol. The molecule has 7 nitrogen and oxygen atoms in total. The molecule has 3 rings (SSSR count). The minimum absolute atomic E-state index is 0.106. The summed E-state index contributed by atoms with van der Waals surface area (Å²) in [6.07, 6.45) is 4.29. The predicted octanol–water partition coefficient (Wildman–Crippen LogP) is 2.63. The van der Waals surface area contributed by atoms with Crippen LogP contribution in [0.4, 0.5) is 0 Å². The Morgan fingerprint density at radius 1 is 1.31 bits per heavy atom. The van der Waals surface area contributed by atoms with Gasteiger partial charge in [0.25, 0.3) is 5.91 Å². The van der Waals surface area contributed by atoms with Gasteiger partial charge >= 0.3 is 0 Å². The number of benzene rings is 1. The first-order chi connectivity index (χ1) is 14.1. The lowest BCUT2D eigenvalue weighted by atomic mass is 10.1. The fourth-order valence-electron chi connectivity index (χ4n) is 3.57. The van der Waals surface area contributed by atoms with Gasteiger partial charge in [0.2, 0.25) is 0 Å². The van der Waals surface area contributed by atoms with Crippen molar-refractivity contribution in [2.75, 3.05) is 33.4 Å². The average molecular weight is 401 g/mol. The van der Waals surface area contributed by atoms with Gasteiger partial charge in [0.05, 0.1) is 12.3 Å². The number of hydrogen-bond acceptors (Lipinski definition) is 5. The number of rotatable bonds is 9. The molecule has 1 amide bonds. The van der Waals surface area contributed by atoms with Crippen molar-refractivity contribution in [2.24, 2.45) is 0 Å². The van der Waals surface area contributed by atoms with Gasteiger partial charge in [-0.25, -0.2) is 0 Å². The number of nitrogens with zero attached hydrogens (tertiary/aromatic N) is 3. The van der Waals surface area contributed by atoms with Crippen LogP contribution in [0.1, 0.15) is 41.4 Å². The highest BCUT2D eigenvalue weighted by Crippen LogP contribution is 2.22. The number of nitrogens with one attached hydrogen (secondary N) is 1. The van der Waals surface area contributed by atoms with Gasteiger partial charge in [-0.2, -0.15) is 5.10 Å². The van der Waals surface area contributed by atoms with E-state index in [-0.39, 0.29) is 12.0 Å². The molecule has 7 heteroatoms. The van der Waals surface area contributed by atoms with Crippen LogP contribution in [-0.4, -0.2) is 60.0 Å². The highest BCUT2D eigenvalue weighted by Gasteiger charge is 2.22. The zero-order chi connectivity index (χ0) is 20.6. The second-order valence-electron chi connectivity index (χ2n) is 7.47. The molecule has 0 unspecified atom stereocenters. The minimum atomic E-state index is -0.106. The van der Waals surface area contributed by atoms with Crippen LogP contribution >= 0.6 is 0 Å². The third-order valence-corrected chi connectivity index (χ3v) is 5.29. The molecular formula is C22H32N4O3. The van der Waals surface area contributed by atoms with Crippen LogP contribution < -0.4 is 10.1 Å². The van der Waals surface area contributed by atoms with Gasteiger partial charge in [-0.3, -0.25) is 14.4 Å². The number of hydrogen-bond donors (Lipinski definition) is 1. The lowest BCUT2D eigenvalue weighted by Crippen LogP contribution is -2.37. The molecule has 1 aromatic carbocycles. The number of amides is 1. The maximum atomic E-state index is 12.2. The first-order valence-corrected chi connectivity index (χ1v) is 10.4. The minimum Gasteiger partial charge on any atom is -0.490 e. The van der Waals surface area contributed by atoms with E-state index in [0.717, 1.165) is 50.5 Å². The van der Waals surface area contributed by atoms with E-state index in [9.17, 15) is 4.79 Å². The molecule has 0 aliphatic carbocycles. The van der Waals surface area contributed by atoms with Gasteiger partial charge in [0, 0.05) is 57.2 Å². The third-order valence-electron chi connectivity index (χ3n) is 5.29. The number of methoxy groups -OCH3 is 1. The molecule has 0 spiro atoms. The Morgan fingerprint density at radius 3 is 2.79 bits per heavy atom. The summed E-state index contributed by atoms with van der Waals surface area (Å²) in [4.78, 5) is 14.7.